The summed E-state index contributed by atoms with van der Waals surface area (Å²) in [6.45, 7) is 0.591. The van der Waals surface area contributed by atoms with E-state index in [0.29, 0.717) is 18.7 Å². The second-order valence-electron chi connectivity index (χ2n) is 3.91. The van der Waals surface area contributed by atoms with E-state index in [-0.39, 0.29) is 0 Å². The summed E-state index contributed by atoms with van der Waals surface area (Å²) >= 11 is 0. The van der Waals surface area contributed by atoms with Crippen molar-refractivity contribution in [3.05, 3.63) is 54.4 Å². The van der Waals surface area contributed by atoms with E-state index in [1.165, 1.54) is 0 Å². The SMILES string of the molecule is N#CCCN(c1ccccc1)c1ccc(C#N)nc1. The van der Waals surface area contributed by atoms with Gasteiger partial charge in [-0.15, -0.1) is 0 Å². The van der Waals surface area contributed by atoms with Gasteiger partial charge in [-0.2, -0.15) is 10.5 Å². The Bertz CT molecular complexity index is 605. The van der Waals surface area contributed by atoms with Gasteiger partial charge in [0.05, 0.1) is 24.4 Å². The minimum Gasteiger partial charge on any atom is -0.339 e. The van der Waals surface area contributed by atoms with Crippen LogP contribution in [0.3, 0.4) is 0 Å². The maximum absolute atomic E-state index is 8.76. The molecule has 0 aliphatic rings. The summed E-state index contributed by atoms with van der Waals surface area (Å²) < 4.78 is 0. The number of nitrogens with zero attached hydrogens (tertiary/aromatic N) is 4. The average molecular weight is 248 g/mol. The van der Waals surface area contributed by atoms with Crippen molar-refractivity contribution in [1.82, 2.24) is 4.98 Å². The molecule has 0 atom stereocenters. The molecule has 0 spiro atoms. The number of rotatable bonds is 4. The Balaban J connectivity index is 2.32. The van der Waals surface area contributed by atoms with Crippen LogP contribution < -0.4 is 4.90 Å². The maximum atomic E-state index is 8.76. The molecule has 1 aromatic heterocycles. The van der Waals surface area contributed by atoms with Gasteiger partial charge in [-0.3, -0.25) is 0 Å². The maximum Gasteiger partial charge on any atom is 0.140 e. The summed E-state index contributed by atoms with van der Waals surface area (Å²) in [7, 11) is 0. The Hall–Kier alpha value is -2.85. The molecule has 2 rings (SSSR count). The van der Waals surface area contributed by atoms with E-state index in [0.717, 1.165) is 11.4 Å². The molecule has 0 aliphatic carbocycles. The van der Waals surface area contributed by atoms with Crippen molar-refractivity contribution in [3.8, 4) is 12.1 Å². The molecule has 0 amide bonds. The number of benzene rings is 1. The van der Waals surface area contributed by atoms with Gasteiger partial charge in [-0.1, -0.05) is 18.2 Å². The van der Waals surface area contributed by atoms with Crippen LogP contribution >= 0.6 is 0 Å². The van der Waals surface area contributed by atoms with E-state index in [9.17, 15) is 0 Å². The van der Waals surface area contributed by atoms with Gasteiger partial charge < -0.3 is 4.90 Å². The topological polar surface area (TPSA) is 63.7 Å². The van der Waals surface area contributed by atoms with E-state index in [1.807, 2.05) is 47.4 Å². The van der Waals surface area contributed by atoms with Crippen molar-refractivity contribution < 1.29 is 0 Å². The average Bonchev–Trinajstić information content (AvgIpc) is 2.49. The lowest BCUT2D eigenvalue weighted by molar-refractivity contribution is 0.943. The molecule has 4 heteroatoms. The summed E-state index contributed by atoms with van der Waals surface area (Å²) in [5.41, 5.74) is 2.27. The Labute approximate surface area is 112 Å². The lowest BCUT2D eigenvalue weighted by atomic mass is 10.2. The van der Waals surface area contributed by atoms with Crippen LogP contribution in [0.25, 0.3) is 0 Å². The number of anilines is 2. The minimum absolute atomic E-state index is 0.386. The first kappa shape index (κ1) is 12.6. The largest absolute Gasteiger partial charge is 0.339 e. The van der Waals surface area contributed by atoms with E-state index >= 15 is 0 Å². The normalized spacial score (nSPS) is 9.37. The Morgan fingerprint density at radius 3 is 2.37 bits per heavy atom. The quantitative estimate of drug-likeness (QED) is 0.834. The van der Waals surface area contributed by atoms with Crippen LogP contribution in [0, 0.1) is 22.7 Å². The first-order chi connectivity index (χ1) is 9.35. The highest BCUT2D eigenvalue weighted by Gasteiger charge is 2.09. The Morgan fingerprint density at radius 1 is 1.00 bits per heavy atom. The van der Waals surface area contributed by atoms with Crippen LogP contribution in [0.15, 0.2) is 48.7 Å². The lowest BCUT2D eigenvalue weighted by Crippen LogP contribution is -2.18. The summed E-state index contributed by atoms with van der Waals surface area (Å²) in [6.07, 6.45) is 2.08. The molecule has 0 fully saturated rings. The Kier molecular flexibility index (Phi) is 4.10. The third-order valence-electron chi connectivity index (χ3n) is 2.69. The van der Waals surface area contributed by atoms with E-state index in [4.69, 9.17) is 10.5 Å². The number of pyridine rings is 1. The molecule has 2 aromatic rings. The number of nitriles is 2. The van der Waals surface area contributed by atoms with E-state index in [2.05, 4.69) is 11.1 Å². The van der Waals surface area contributed by atoms with Gasteiger partial charge in [0.1, 0.15) is 11.8 Å². The Morgan fingerprint density at radius 2 is 1.79 bits per heavy atom. The minimum atomic E-state index is 0.386. The molecule has 0 saturated heterocycles. The van der Waals surface area contributed by atoms with Gasteiger partial charge >= 0.3 is 0 Å². The van der Waals surface area contributed by atoms with E-state index in [1.54, 1.807) is 12.3 Å². The molecule has 0 aliphatic heterocycles. The fourth-order valence-corrected chi connectivity index (χ4v) is 1.79. The molecule has 1 aromatic carbocycles. The van der Waals surface area contributed by atoms with Gasteiger partial charge in [-0.05, 0) is 24.3 Å². The molecule has 92 valence electrons. The van der Waals surface area contributed by atoms with Gasteiger partial charge in [-0.25, -0.2) is 4.98 Å². The molecular formula is C15H12N4. The molecular weight excluding hydrogens is 236 g/mol. The zero-order chi connectivity index (χ0) is 13.5. The van der Waals surface area contributed by atoms with Crippen LogP contribution in [0.1, 0.15) is 12.1 Å². The van der Waals surface area contributed by atoms with Crippen LogP contribution in [0.5, 0.6) is 0 Å². The lowest BCUT2D eigenvalue weighted by Gasteiger charge is -2.23. The fourth-order valence-electron chi connectivity index (χ4n) is 1.79. The third kappa shape index (κ3) is 3.08. The van der Waals surface area contributed by atoms with Crippen LogP contribution in [0.4, 0.5) is 11.4 Å². The van der Waals surface area contributed by atoms with Crippen molar-refractivity contribution in [2.24, 2.45) is 0 Å². The van der Waals surface area contributed by atoms with E-state index < -0.39 is 0 Å². The number of hydrogen-bond donors (Lipinski definition) is 0. The highest BCUT2D eigenvalue weighted by molar-refractivity contribution is 5.62. The standard InChI is InChI=1S/C15H12N4/c16-9-4-10-19(14-5-2-1-3-6-14)15-8-7-13(11-17)18-12-15/h1-3,5-8,12H,4,10H2. The molecule has 0 bridgehead atoms. The van der Waals surface area contributed by atoms with Crippen LogP contribution in [-0.4, -0.2) is 11.5 Å². The summed E-state index contributed by atoms with van der Waals surface area (Å²) in [5.74, 6) is 0. The predicted octanol–water partition coefficient (Wildman–Crippen LogP) is 3.01. The van der Waals surface area contributed by atoms with Crippen molar-refractivity contribution >= 4 is 11.4 Å². The van der Waals surface area contributed by atoms with Crippen molar-refractivity contribution in [1.29, 1.82) is 10.5 Å². The number of para-hydroxylation sites is 1. The molecule has 1 heterocycles. The second kappa shape index (κ2) is 6.18. The van der Waals surface area contributed by atoms with Crippen LogP contribution in [0.2, 0.25) is 0 Å². The van der Waals surface area contributed by atoms with Gasteiger partial charge in [0.25, 0.3) is 0 Å². The van der Waals surface area contributed by atoms with Crippen molar-refractivity contribution in [2.75, 3.05) is 11.4 Å². The highest BCUT2D eigenvalue weighted by atomic mass is 15.1. The summed E-state index contributed by atoms with van der Waals surface area (Å²) in [4.78, 5) is 6.08. The summed E-state index contributed by atoms with van der Waals surface area (Å²) in [6, 6.07) is 17.5. The van der Waals surface area contributed by atoms with Gasteiger partial charge in [0, 0.05) is 12.2 Å². The van der Waals surface area contributed by atoms with Gasteiger partial charge in [0.2, 0.25) is 0 Å². The molecule has 4 nitrogen and oxygen atoms in total. The second-order valence-corrected chi connectivity index (χ2v) is 3.91. The smallest absolute Gasteiger partial charge is 0.140 e. The molecule has 19 heavy (non-hydrogen) atoms. The summed E-state index contributed by atoms with van der Waals surface area (Å²) in [5, 5.41) is 17.5. The first-order valence-corrected chi connectivity index (χ1v) is 5.91. The molecule has 0 N–H and O–H groups in total. The number of aromatic nitrogens is 1. The molecule has 0 radical (unpaired) electrons. The predicted molar refractivity (Wildman–Crippen MR) is 72.6 cm³/mol. The van der Waals surface area contributed by atoms with Gasteiger partial charge in [0.15, 0.2) is 0 Å². The van der Waals surface area contributed by atoms with Crippen LogP contribution in [-0.2, 0) is 0 Å². The third-order valence-corrected chi connectivity index (χ3v) is 2.69. The molecule has 0 unspecified atom stereocenters. The molecule has 0 saturated carbocycles. The van der Waals surface area contributed by atoms with Crippen molar-refractivity contribution in [2.45, 2.75) is 6.42 Å². The zero-order valence-electron chi connectivity index (χ0n) is 10.3. The highest BCUT2D eigenvalue weighted by Crippen LogP contribution is 2.24. The first-order valence-electron chi connectivity index (χ1n) is 5.91. The zero-order valence-corrected chi connectivity index (χ0v) is 10.3. The monoisotopic (exact) mass is 248 g/mol. The number of hydrogen-bond acceptors (Lipinski definition) is 4. The fraction of sp³-hybridized carbons (Fsp3) is 0.133. The van der Waals surface area contributed by atoms with Crippen molar-refractivity contribution in [3.63, 3.8) is 0 Å².